The second-order valence-corrected chi connectivity index (χ2v) is 7.86. The van der Waals surface area contributed by atoms with Crippen molar-refractivity contribution in [2.45, 2.75) is 51.5 Å². The van der Waals surface area contributed by atoms with E-state index >= 15 is 0 Å². The minimum Gasteiger partial charge on any atom is -0.322 e. The van der Waals surface area contributed by atoms with Crippen molar-refractivity contribution in [2.24, 2.45) is 23.2 Å². The van der Waals surface area contributed by atoms with Gasteiger partial charge in [0.2, 0.25) is 0 Å². The Morgan fingerprint density at radius 2 is 1.80 bits per heavy atom. The van der Waals surface area contributed by atoms with Crippen LogP contribution in [0.1, 0.15) is 51.5 Å². The molecule has 4 aliphatic carbocycles. The van der Waals surface area contributed by atoms with Crippen LogP contribution < -0.4 is 5.56 Å². The average molecular weight is 290 g/mol. The predicted molar refractivity (Wildman–Crippen MR) is 81.2 cm³/mol. The summed E-state index contributed by atoms with van der Waals surface area (Å²) in [6, 6.07) is 2.01. The third kappa shape index (κ3) is 1.84. The van der Waals surface area contributed by atoms with E-state index in [1.54, 1.807) is 6.07 Å². The van der Waals surface area contributed by atoms with Gasteiger partial charge in [0.15, 0.2) is 4.77 Å². The Hall–Kier alpha value is -0.900. The van der Waals surface area contributed by atoms with Crippen molar-refractivity contribution in [1.29, 1.82) is 0 Å². The fourth-order valence-corrected chi connectivity index (χ4v) is 6.04. The zero-order valence-corrected chi connectivity index (χ0v) is 12.8. The number of aromatic nitrogens is 2. The summed E-state index contributed by atoms with van der Waals surface area (Å²) in [6.45, 7) is 2.31. The summed E-state index contributed by atoms with van der Waals surface area (Å²) in [6.07, 6.45) is 10.4. The second kappa shape index (κ2) is 4.30. The van der Waals surface area contributed by atoms with Crippen molar-refractivity contribution in [2.75, 3.05) is 0 Å². The van der Waals surface area contributed by atoms with Gasteiger partial charge < -0.3 is 4.57 Å². The molecule has 3 nitrogen and oxygen atoms in total. The Kier molecular flexibility index (Phi) is 2.75. The maximum atomic E-state index is 11.4. The molecule has 108 valence electrons. The standard InChI is InChI=1S/C16H22N2OS/c1-10(18-3-2-14(19)17-15(18)20)16-7-11-4-12(8-16)6-13(5-11)9-16/h2-3,10-13H,4-9H2,1H3,(H,17,19,20). The average Bonchev–Trinajstić information content (AvgIpc) is 2.36. The van der Waals surface area contributed by atoms with E-state index in [1.807, 2.05) is 6.20 Å². The smallest absolute Gasteiger partial charge is 0.251 e. The van der Waals surface area contributed by atoms with E-state index in [2.05, 4.69) is 16.5 Å². The first kappa shape index (κ1) is 12.8. The maximum Gasteiger partial charge on any atom is 0.251 e. The number of hydrogen-bond acceptors (Lipinski definition) is 2. The van der Waals surface area contributed by atoms with Crippen molar-refractivity contribution in [3.63, 3.8) is 0 Å². The normalized spacial score (nSPS) is 40.0. The highest BCUT2D eigenvalue weighted by atomic mass is 32.1. The highest BCUT2D eigenvalue weighted by molar-refractivity contribution is 7.71. The highest BCUT2D eigenvalue weighted by Crippen LogP contribution is 2.63. The van der Waals surface area contributed by atoms with Gasteiger partial charge in [0, 0.05) is 18.3 Å². The molecule has 4 heteroatoms. The maximum absolute atomic E-state index is 11.4. The van der Waals surface area contributed by atoms with E-state index in [4.69, 9.17) is 12.2 Å². The summed E-state index contributed by atoms with van der Waals surface area (Å²) >= 11 is 5.38. The Labute approximate surface area is 124 Å². The Morgan fingerprint density at radius 3 is 2.30 bits per heavy atom. The molecule has 4 fully saturated rings. The Balaban J connectivity index is 1.73. The van der Waals surface area contributed by atoms with E-state index in [-0.39, 0.29) is 5.56 Å². The van der Waals surface area contributed by atoms with Gasteiger partial charge in [0.25, 0.3) is 5.56 Å². The first-order valence-corrected chi connectivity index (χ1v) is 8.28. The number of hydrogen-bond donors (Lipinski definition) is 1. The van der Waals surface area contributed by atoms with Crippen molar-refractivity contribution in [1.82, 2.24) is 9.55 Å². The lowest BCUT2D eigenvalue weighted by Crippen LogP contribution is -2.49. The molecule has 4 aliphatic rings. The Morgan fingerprint density at radius 1 is 1.25 bits per heavy atom. The molecule has 4 saturated carbocycles. The first-order valence-electron chi connectivity index (χ1n) is 7.87. The van der Waals surface area contributed by atoms with Crippen LogP contribution in [0.5, 0.6) is 0 Å². The summed E-state index contributed by atoms with van der Waals surface area (Å²) < 4.78 is 2.71. The topological polar surface area (TPSA) is 37.8 Å². The van der Waals surface area contributed by atoms with Crippen LogP contribution in [0.2, 0.25) is 0 Å². The minimum atomic E-state index is -0.0936. The van der Waals surface area contributed by atoms with Gasteiger partial charge in [-0.05, 0) is 80.8 Å². The van der Waals surface area contributed by atoms with Crippen LogP contribution in [0.15, 0.2) is 17.1 Å². The monoisotopic (exact) mass is 290 g/mol. The molecule has 4 bridgehead atoms. The summed E-state index contributed by atoms with van der Waals surface area (Å²) in [5.41, 5.74) is 0.328. The molecule has 0 amide bonds. The molecule has 5 rings (SSSR count). The van der Waals surface area contributed by atoms with Gasteiger partial charge in [-0.1, -0.05) is 0 Å². The van der Waals surface area contributed by atoms with E-state index < -0.39 is 0 Å². The number of H-pyrrole nitrogens is 1. The van der Waals surface area contributed by atoms with E-state index in [9.17, 15) is 4.79 Å². The molecule has 1 heterocycles. The van der Waals surface area contributed by atoms with Gasteiger partial charge in [0.05, 0.1) is 0 Å². The number of aromatic amines is 1. The van der Waals surface area contributed by atoms with Crippen LogP contribution in [-0.2, 0) is 0 Å². The lowest BCUT2D eigenvalue weighted by molar-refractivity contribution is -0.0793. The summed E-state index contributed by atoms with van der Waals surface area (Å²) in [7, 11) is 0. The summed E-state index contributed by atoms with van der Waals surface area (Å²) in [5.74, 6) is 2.84. The van der Waals surface area contributed by atoms with Crippen LogP contribution in [0, 0.1) is 27.9 Å². The third-order valence-electron chi connectivity index (χ3n) is 6.24. The fraction of sp³-hybridized carbons (Fsp3) is 0.750. The van der Waals surface area contributed by atoms with Crippen molar-refractivity contribution in [3.8, 4) is 0 Å². The van der Waals surface area contributed by atoms with Crippen LogP contribution >= 0.6 is 12.2 Å². The summed E-state index contributed by atoms with van der Waals surface area (Å²) in [4.78, 5) is 14.2. The van der Waals surface area contributed by atoms with Gasteiger partial charge in [-0.3, -0.25) is 9.78 Å². The van der Waals surface area contributed by atoms with Crippen LogP contribution in [0.3, 0.4) is 0 Å². The van der Waals surface area contributed by atoms with E-state index in [0.717, 1.165) is 17.8 Å². The predicted octanol–water partition coefficient (Wildman–Crippen LogP) is 3.68. The zero-order chi connectivity index (χ0) is 13.9. The lowest BCUT2D eigenvalue weighted by atomic mass is 9.48. The number of nitrogens with zero attached hydrogens (tertiary/aromatic N) is 1. The molecule has 1 atom stereocenters. The van der Waals surface area contributed by atoms with Gasteiger partial charge in [-0.15, -0.1) is 0 Å². The minimum absolute atomic E-state index is 0.0936. The lowest BCUT2D eigenvalue weighted by Gasteiger charge is -2.59. The fourth-order valence-electron chi connectivity index (χ4n) is 5.72. The molecule has 0 aromatic carbocycles. The SMILES string of the molecule is CC(n1ccc(=O)[nH]c1=S)C12CC3CC(CC(C3)C1)C2. The van der Waals surface area contributed by atoms with Crippen LogP contribution in [-0.4, -0.2) is 9.55 Å². The molecule has 1 N–H and O–H groups in total. The zero-order valence-electron chi connectivity index (χ0n) is 12.0. The second-order valence-electron chi connectivity index (χ2n) is 7.47. The molecule has 20 heavy (non-hydrogen) atoms. The molecular weight excluding hydrogens is 268 g/mol. The van der Waals surface area contributed by atoms with Gasteiger partial charge in [-0.2, -0.15) is 0 Å². The summed E-state index contributed by atoms with van der Waals surface area (Å²) in [5, 5.41) is 0. The largest absolute Gasteiger partial charge is 0.322 e. The van der Waals surface area contributed by atoms with Crippen molar-refractivity contribution < 1.29 is 0 Å². The molecule has 0 saturated heterocycles. The molecule has 1 aromatic heterocycles. The van der Waals surface area contributed by atoms with Gasteiger partial charge in [0.1, 0.15) is 0 Å². The van der Waals surface area contributed by atoms with Crippen LogP contribution in [0.4, 0.5) is 0 Å². The van der Waals surface area contributed by atoms with Gasteiger partial charge in [-0.25, -0.2) is 0 Å². The third-order valence-corrected chi connectivity index (χ3v) is 6.55. The number of nitrogens with one attached hydrogen (secondary N) is 1. The van der Waals surface area contributed by atoms with Crippen LogP contribution in [0.25, 0.3) is 0 Å². The highest BCUT2D eigenvalue weighted by Gasteiger charge is 2.53. The number of rotatable bonds is 2. The Bertz CT molecular complexity index is 609. The quantitative estimate of drug-likeness (QED) is 0.844. The van der Waals surface area contributed by atoms with Gasteiger partial charge >= 0.3 is 0 Å². The van der Waals surface area contributed by atoms with E-state index in [1.165, 1.54) is 38.5 Å². The molecular formula is C16H22N2OS. The molecule has 0 radical (unpaired) electrons. The van der Waals surface area contributed by atoms with Crippen molar-refractivity contribution >= 4 is 12.2 Å². The molecule has 0 spiro atoms. The molecule has 1 unspecified atom stereocenters. The molecule has 1 aromatic rings. The van der Waals surface area contributed by atoms with E-state index in [0.29, 0.717) is 16.2 Å². The molecule has 0 aliphatic heterocycles. The first-order chi connectivity index (χ1) is 9.56. The van der Waals surface area contributed by atoms with Crippen molar-refractivity contribution in [3.05, 3.63) is 27.4 Å².